The zero-order chi connectivity index (χ0) is 20.2. The number of rotatable bonds is 6. The number of nitrogens with two attached hydrogens (primary N) is 1. The third-order valence-electron chi connectivity index (χ3n) is 5.23. The van der Waals surface area contributed by atoms with Gasteiger partial charge >= 0.3 is 0 Å². The molecule has 0 spiro atoms. The van der Waals surface area contributed by atoms with Crippen LogP contribution in [0.4, 0.5) is 5.69 Å². The van der Waals surface area contributed by atoms with Crippen molar-refractivity contribution in [3.05, 3.63) is 83.4 Å². The third kappa shape index (κ3) is 4.30. The normalized spacial score (nSPS) is 17.9. The van der Waals surface area contributed by atoms with E-state index in [1.165, 1.54) is 0 Å². The van der Waals surface area contributed by atoms with Crippen LogP contribution in [0.3, 0.4) is 0 Å². The molecule has 0 saturated heterocycles. The first-order valence-corrected chi connectivity index (χ1v) is 9.68. The number of hydrogen-bond donors (Lipinski definition) is 2. The first-order valence-electron chi connectivity index (χ1n) is 9.68. The van der Waals surface area contributed by atoms with Crippen molar-refractivity contribution in [1.82, 2.24) is 0 Å². The topological polar surface area (TPSA) is 73.9 Å². The fourth-order valence-electron chi connectivity index (χ4n) is 3.67. The summed E-state index contributed by atoms with van der Waals surface area (Å²) >= 11 is 0. The molecule has 2 unspecified atom stereocenters. The first-order chi connectivity index (χ1) is 14.1. The molecule has 3 N–H and O–H groups in total. The molecule has 1 aliphatic heterocycles. The Labute approximate surface area is 170 Å². The minimum atomic E-state index is -0.662. The molecule has 2 atom stereocenters. The number of benzene rings is 3. The molecule has 0 radical (unpaired) electrons. The van der Waals surface area contributed by atoms with Gasteiger partial charge in [0.1, 0.15) is 23.9 Å². The average Bonchev–Trinajstić information content (AvgIpc) is 2.75. The highest BCUT2D eigenvalue weighted by Crippen LogP contribution is 2.40. The molecule has 150 valence electrons. The molecule has 3 aromatic carbocycles. The Morgan fingerprint density at radius 3 is 2.69 bits per heavy atom. The maximum absolute atomic E-state index is 11.0. The number of aliphatic hydroxyl groups excluding tert-OH is 1. The maximum Gasteiger partial charge on any atom is 0.125 e. The van der Waals surface area contributed by atoms with Crippen LogP contribution in [0, 0.1) is 5.92 Å². The maximum atomic E-state index is 11.0. The van der Waals surface area contributed by atoms with Crippen molar-refractivity contribution in [2.75, 3.05) is 19.5 Å². The van der Waals surface area contributed by atoms with E-state index in [9.17, 15) is 5.11 Å². The number of fused-ring (bicyclic) bond motifs is 1. The van der Waals surface area contributed by atoms with Gasteiger partial charge in [-0.2, -0.15) is 0 Å². The SMILES string of the molecule is COc1ccc(N)cc1CC1COc2ccc(OCc3ccccc3)cc2C1O. The van der Waals surface area contributed by atoms with Crippen LogP contribution in [0.1, 0.15) is 22.8 Å². The van der Waals surface area contributed by atoms with Crippen molar-refractivity contribution in [3.8, 4) is 17.2 Å². The van der Waals surface area contributed by atoms with Crippen molar-refractivity contribution in [1.29, 1.82) is 0 Å². The number of ether oxygens (including phenoxy) is 3. The fourth-order valence-corrected chi connectivity index (χ4v) is 3.67. The molecule has 5 nitrogen and oxygen atoms in total. The highest BCUT2D eigenvalue weighted by molar-refractivity contribution is 5.49. The molecule has 29 heavy (non-hydrogen) atoms. The van der Waals surface area contributed by atoms with Crippen LogP contribution in [-0.2, 0) is 13.0 Å². The minimum Gasteiger partial charge on any atom is -0.496 e. The molecule has 0 fully saturated rings. The second kappa shape index (κ2) is 8.45. The summed E-state index contributed by atoms with van der Waals surface area (Å²) in [4.78, 5) is 0. The van der Waals surface area contributed by atoms with Crippen molar-refractivity contribution < 1.29 is 19.3 Å². The van der Waals surface area contributed by atoms with Gasteiger partial charge in [-0.15, -0.1) is 0 Å². The molecule has 1 heterocycles. The summed E-state index contributed by atoms with van der Waals surface area (Å²) in [5, 5.41) is 11.0. The largest absolute Gasteiger partial charge is 0.496 e. The first kappa shape index (κ1) is 19.2. The van der Waals surface area contributed by atoms with Crippen LogP contribution in [0.2, 0.25) is 0 Å². The second-order valence-corrected chi connectivity index (χ2v) is 7.27. The Morgan fingerprint density at radius 2 is 1.90 bits per heavy atom. The molecule has 0 saturated carbocycles. The van der Waals surface area contributed by atoms with Crippen molar-refractivity contribution in [3.63, 3.8) is 0 Å². The van der Waals surface area contributed by atoms with E-state index in [1.54, 1.807) is 7.11 Å². The lowest BCUT2D eigenvalue weighted by Gasteiger charge is -2.31. The summed E-state index contributed by atoms with van der Waals surface area (Å²) in [5.74, 6) is 2.05. The number of methoxy groups -OCH3 is 1. The van der Waals surface area contributed by atoms with E-state index >= 15 is 0 Å². The Bertz CT molecular complexity index is 974. The number of nitrogen functional groups attached to an aromatic ring is 1. The predicted molar refractivity (Wildman–Crippen MR) is 112 cm³/mol. The Hall–Kier alpha value is -3.18. The lowest BCUT2D eigenvalue weighted by atomic mass is 9.87. The van der Waals surface area contributed by atoms with E-state index < -0.39 is 6.10 Å². The predicted octanol–water partition coefficient (Wildman–Crippen LogP) is 4.14. The van der Waals surface area contributed by atoms with E-state index in [1.807, 2.05) is 66.7 Å². The summed E-state index contributed by atoms with van der Waals surface area (Å²) in [6.45, 7) is 0.900. The van der Waals surface area contributed by atoms with Crippen LogP contribution in [0.5, 0.6) is 17.2 Å². The monoisotopic (exact) mass is 391 g/mol. The molecule has 4 rings (SSSR count). The zero-order valence-corrected chi connectivity index (χ0v) is 16.4. The number of hydrogen-bond acceptors (Lipinski definition) is 5. The zero-order valence-electron chi connectivity index (χ0n) is 16.4. The number of anilines is 1. The standard InChI is InChI=1S/C24H25NO4/c1-27-22-9-7-19(25)12-17(22)11-18-15-29-23-10-8-20(13-21(23)24(18)26)28-14-16-5-3-2-4-6-16/h2-10,12-13,18,24,26H,11,14-15,25H2,1H3. The van der Waals surface area contributed by atoms with Gasteiger partial charge in [-0.1, -0.05) is 30.3 Å². The van der Waals surface area contributed by atoms with Gasteiger partial charge in [0.05, 0.1) is 19.8 Å². The van der Waals surface area contributed by atoms with Gasteiger partial charge in [-0.3, -0.25) is 0 Å². The molecular weight excluding hydrogens is 366 g/mol. The van der Waals surface area contributed by atoms with Gasteiger partial charge in [-0.25, -0.2) is 0 Å². The van der Waals surface area contributed by atoms with Crippen molar-refractivity contribution in [2.45, 2.75) is 19.1 Å². The summed E-state index contributed by atoms with van der Waals surface area (Å²) in [6, 6.07) is 21.1. The fraction of sp³-hybridized carbons (Fsp3) is 0.250. The second-order valence-electron chi connectivity index (χ2n) is 7.27. The van der Waals surface area contributed by atoms with Crippen LogP contribution in [-0.4, -0.2) is 18.8 Å². The number of aliphatic hydroxyl groups is 1. The molecule has 0 amide bonds. The van der Waals surface area contributed by atoms with E-state index in [0.29, 0.717) is 36.8 Å². The molecule has 0 aliphatic carbocycles. The van der Waals surface area contributed by atoms with Gasteiger partial charge in [0.25, 0.3) is 0 Å². The third-order valence-corrected chi connectivity index (χ3v) is 5.23. The van der Waals surface area contributed by atoms with Crippen molar-refractivity contribution in [2.24, 2.45) is 5.92 Å². The molecule has 3 aromatic rings. The van der Waals surface area contributed by atoms with Crippen LogP contribution >= 0.6 is 0 Å². The summed E-state index contributed by atoms with van der Waals surface area (Å²) in [5.41, 5.74) is 9.40. The lowest BCUT2D eigenvalue weighted by molar-refractivity contribution is 0.0502. The molecule has 1 aliphatic rings. The quantitative estimate of drug-likeness (QED) is 0.618. The Morgan fingerprint density at radius 1 is 1.07 bits per heavy atom. The Kier molecular flexibility index (Phi) is 5.58. The van der Waals surface area contributed by atoms with Gasteiger partial charge < -0.3 is 25.1 Å². The van der Waals surface area contributed by atoms with E-state index in [2.05, 4.69) is 0 Å². The van der Waals surface area contributed by atoms with Crippen molar-refractivity contribution >= 4 is 5.69 Å². The van der Waals surface area contributed by atoms with Gasteiger partial charge in [0.2, 0.25) is 0 Å². The molecule has 0 aromatic heterocycles. The summed E-state index contributed by atoms with van der Waals surface area (Å²) in [6.07, 6.45) is -0.0608. The van der Waals surface area contributed by atoms with E-state index in [-0.39, 0.29) is 5.92 Å². The van der Waals surface area contributed by atoms with Crippen LogP contribution < -0.4 is 19.9 Å². The molecule has 5 heteroatoms. The smallest absolute Gasteiger partial charge is 0.125 e. The highest BCUT2D eigenvalue weighted by Gasteiger charge is 2.30. The van der Waals surface area contributed by atoms with Gasteiger partial charge in [0, 0.05) is 17.2 Å². The van der Waals surface area contributed by atoms with Gasteiger partial charge in [-0.05, 0) is 53.9 Å². The lowest BCUT2D eigenvalue weighted by Crippen LogP contribution is -2.27. The van der Waals surface area contributed by atoms with E-state index in [4.69, 9.17) is 19.9 Å². The molecule has 0 bridgehead atoms. The van der Waals surface area contributed by atoms with Crippen LogP contribution in [0.25, 0.3) is 0 Å². The van der Waals surface area contributed by atoms with Gasteiger partial charge in [0.15, 0.2) is 0 Å². The summed E-state index contributed by atoms with van der Waals surface area (Å²) in [7, 11) is 1.63. The van der Waals surface area contributed by atoms with E-state index in [0.717, 1.165) is 22.4 Å². The van der Waals surface area contributed by atoms with Crippen LogP contribution in [0.15, 0.2) is 66.7 Å². The molecular formula is C24H25NO4. The summed E-state index contributed by atoms with van der Waals surface area (Å²) < 4.78 is 17.3. The minimum absolute atomic E-state index is 0.109. The average molecular weight is 391 g/mol. The Balaban J connectivity index is 1.50. The highest BCUT2D eigenvalue weighted by atomic mass is 16.5.